The minimum Gasteiger partial charge on any atom is -0.493 e. The number of methoxy groups -OCH3 is 1. The number of hydrogen-bond donors (Lipinski definition) is 2. The van der Waals surface area contributed by atoms with Gasteiger partial charge in [-0.05, 0) is 19.1 Å². The minimum absolute atomic E-state index is 0.221. The molecule has 0 aromatic carbocycles. The molecule has 92 valence electrons. The second-order valence-electron chi connectivity index (χ2n) is 3.28. The molecule has 17 heavy (non-hydrogen) atoms. The molecule has 0 saturated heterocycles. The van der Waals surface area contributed by atoms with Crippen molar-refractivity contribution < 1.29 is 9.53 Å². The average Bonchev–Trinajstić information content (AvgIpc) is 2.38. The predicted molar refractivity (Wildman–Crippen MR) is 67.5 cm³/mol. The van der Waals surface area contributed by atoms with Crippen molar-refractivity contribution in [3.8, 4) is 5.75 Å². The Hall–Kier alpha value is -2.04. The number of amides is 1. The highest BCUT2D eigenvalue weighted by Gasteiger charge is 2.09. The molecule has 0 fully saturated rings. The Morgan fingerprint density at radius 3 is 2.88 bits per heavy atom. The van der Waals surface area contributed by atoms with Gasteiger partial charge in [-0.2, -0.15) is 0 Å². The summed E-state index contributed by atoms with van der Waals surface area (Å²) in [7, 11) is 3.14. The van der Waals surface area contributed by atoms with Gasteiger partial charge in [0.25, 0.3) is 5.91 Å². The van der Waals surface area contributed by atoms with Gasteiger partial charge in [-0.3, -0.25) is 4.79 Å². The summed E-state index contributed by atoms with van der Waals surface area (Å²) in [5, 5.41) is 5.61. The van der Waals surface area contributed by atoms with E-state index in [1.54, 1.807) is 26.3 Å². The van der Waals surface area contributed by atoms with E-state index in [0.717, 1.165) is 0 Å². The summed E-state index contributed by atoms with van der Waals surface area (Å²) >= 11 is 0. The van der Waals surface area contributed by atoms with Crippen LogP contribution in [0, 0.1) is 0 Å². The SMILES string of the molecule is C/C=C/CNc1nc(C(=O)NC)ccc1OC. The molecule has 0 aliphatic carbocycles. The van der Waals surface area contributed by atoms with Crippen LogP contribution in [0.3, 0.4) is 0 Å². The van der Waals surface area contributed by atoms with Crippen LogP contribution in [0.15, 0.2) is 24.3 Å². The number of carbonyl (C=O) groups excluding carboxylic acids is 1. The van der Waals surface area contributed by atoms with Crippen molar-refractivity contribution in [3.63, 3.8) is 0 Å². The Labute approximate surface area is 101 Å². The number of nitrogens with one attached hydrogen (secondary N) is 2. The van der Waals surface area contributed by atoms with Crippen LogP contribution in [-0.2, 0) is 0 Å². The molecule has 0 saturated carbocycles. The topological polar surface area (TPSA) is 63.2 Å². The summed E-state index contributed by atoms with van der Waals surface area (Å²) in [6.07, 6.45) is 3.88. The number of allylic oxidation sites excluding steroid dienone is 1. The van der Waals surface area contributed by atoms with E-state index < -0.39 is 0 Å². The van der Waals surface area contributed by atoms with E-state index in [-0.39, 0.29) is 5.91 Å². The number of hydrogen-bond acceptors (Lipinski definition) is 4. The van der Waals surface area contributed by atoms with E-state index in [0.29, 0.717) is 23.8 Å². The summed E-state index contributed by atoms with van der Waals surface area (Å²) in [5.41, 5.74) is 0.358. The van der Waals surface area contributed by atoms with Crippen LogP contribution in [0.5, 0.6) is 5.75 Å². The number of aromatic nitrogens is 1. The quantitative estimate of drug-likeness (QED) is 0.758. The number of pyridine rings is 1. The lowest BCUT2D eigenvalue weighted by atomic mass is 10.3. The number of anilines is 1. The fraction of sp³-hybridized carbons (Fsp3) is 0.333. The number of carbonyl (C=O) groups is 1. The molecule has 1 heterocycles. The zero-order valence-electron chi connectivity index (χ0n) is 10.3. The van der Waals surface area contributed by atoms with Gasteiger partial charge >= 0.3 is 0 Å². The molecular formula is C12H17N3O2. The molecule has 0 aliphatic heterocycles. The summed E-state index contributed by atoms with van der Waals surface area (Å²) in [5.74, 6) is 0.954. The first-order valence-corrected chi connectivity index (χ1v) is 5.35. The highest BCUT2D eigenvalue weighted by atomic mass is 16.5. The van der Waals surface area contributed by atoms with Gasteiger partial charge in [0.05, 0.1) is 7.11 Å². The van der Waals surface area contributed by atoms with E-state index in [1.807, 2.05) is 19.1 Å². The first-order chi connectivity index (χ1) is 8.22. The third-order valence-corrected chi connectivity index (χ3v) is 2.16. The largest absolute Gasteiger partial charge is 0.493 e. The lowest BCUT2D eigenvalue weighted by molar-refractivity contribution is 0.0958. The number of nitrogens with zero attached hydrogens (tertiary/aromatic N) is 1. The maximum atomic E-state index is 11.4. The van der Waals surface area contributed by atoms with Crippen molar-refractivity contribution in [1.29, 1.82) is 0 Å². The van der Waals surface area contributed by atoms with Crippen molar-refractivity contribution in [3.05, 3.63) is 30.0 Å². The lowest BCUT2D eigenvalue weighted by Crippen LogP contribution is -2.19. The van der Waals surface area contributed by atoms with Gasteiger partial charge in [-0.1, -0.05) is 12.2 Å². The molecule has 0 unspecified atom stereocenters. The first kappa shape index (κ1) is 13.0. The fourth-order valence-electron chi connectivity index (χ4n) is 1.27. The van der Waals surface area contributed by atoms with Gasteiger partial charge in [-0.25, -0.2) is 4.98 Å². The predicted octanol–water partition coefficient (Wildman–Crippen LogP) is 1.44. The van der Waals surface area contributed by atoms with Crippen LogP contribution in [0.2, 0.25) is 0 Å². The zero-order valence-corrected chi connectivity index (χ0v) is 10.3. The van der Waals surface area contributed by atoms with Gasteiger partial charge in [0.15, 0.2) is 11.6 Å². The van der Waals surface area contributed by atoms with Crippen LogP contribution >= 0.6 is 0 Å². The Bertz CT molecular complexity index is 416. The second-order valence-corrected chi connectivity index (χ2v) is 3.28. The van der Waals surface area contributed by atoms with E-state index in [2.05, 4.69) is 15.6 Å². The van der Waals surface area contributed by atoms with E-state index in [9.17, 15) is 4.79 Å². The molecule has 1 aromatic rings. The average molecular weight is 235 g/mol. The second kappa shape index (κ2) is 6.52. The minimum atomic E-state index is -0.221. The van der Waals surface area contributed by atoms with Crippen LogP contribution in [-0.4, -0.2) is 31.6 Å². The third kappa shape index (κ3) is 3.48. The highest BCUT2D eigenvalue weighted by molar-refractivity contribution is 5.92. The Morgan fingerprint density at radius 2 is 2.29 bits per heavy atom. The molecule has 5 heteroatoms. The Morgan fingerprint density at radius 1 is 1.53 bits per heavy atom. The van der Waals surface area contributed by atoms with Crippen molar-refractivity contribution in [2.24, 2.45) is 0 Å². The number of ether oxygens (including phenoxy) is 1. The van der Waals surface area contributed by atoms with Gasteiger partial charge in [0.2, 0.25) is 0 Å². The van der Waals surface area contributed by atoms with Gasteiger partial charge < -0.3 is 15.4 Å². The monoisotopic (exact) mass is 235 g/mol. The molecular weight excluding hydrogens is 218 g/mol. The van der Waals surface area contributed by atoms with Crippen LogP contribution in [0.25, 0.3) is 0 Å². The van der Waals surface area contributed by atoms with Gasteiger partial charge in [0, 0.05) is 13.6 Å². The molecule has 0 bridgehead atoms. The molecule has 0 atom stereocenters. The molecule has 2 N–H and O–H groups in total. The smallest absolute Gasteiger partial charge is 0.269 e. The molecule has 1 aromatic heterocycles. The summed E-state index contributed by atoms with van der Waals surface area (Å²) in [6.45, 7) is 2.57. The molecule has 1 rings (SSSR count). The van der Waals surface area contributed by atoms with Gasteiger partial charge in [0.1, 0.15) is 5.69 Å². The van der Waals surface area contributed by atoms with Gasteiger partial charge in [-0.15, -0.1) is 0 Å². The lowest BCUT2D eigenvalue weighted by Gasteiger charge is -2.10. The molecule has 1 amide bonds. The zero-order chi connectivity index (χ0) is 12.7. The maximum Gasteiger partial charge on any atom is 0.269 e. The maximum absolute atomic E-state index is 11.4. The van der Waals surface area contributed by atoms with E-state index in [1.165, 1.54) is 0 Å². The molecule has 0 spiro atoms. The Balaban J connectivity index is 2.93. The van der Waals surface area contributed by atoms with E-state index >= 15 is 0 Å². The summed E-state index contributed by atoms with van der Waals surface area (Å²) in [4.78, 5) is 15.6. The highest BCUT2D eigenvalue weighted by Crippen LogP contribution is 2.21. The summed E-state index contributed by atoms with van der Waals surface area (Å²) < 4.78 is 5.16. The number of rotatable bonds is 5. The van der Waals surface area contributed by atoms with Crippen LogP contribution in [0.1, 0.15) is 17.4 Å². The Kier molecular flexibility index (Phi) is 5.00. The van der Waals surface area contributed by atoms with Crippen molar-refractivity contribution in [2.45, 2.75) is 6.92 Å². The van der Waals surface area contributed by atoms with Crippen molar-refractivity contribution in [2.75, 3.05) is 26.0 Å². The van der Waals surface area contributed by atoms with Crippen LogP contribution in [0.4, 0.5) is 5.82 Å². The molecule has 0 aliphatic rings. The first-order valence-electron chi connectivity index (χ1n) is 5.35. The van der Waals surface area contributed by atoms with E-state index in [4.69, 9.17) is 4.74 Å². The molecule has 5 nitrogen and oxygen atoms in total. The summed E-state index contributed by atoms with van der Waals surface area (Å²) in [6, 6.07) is 3.34. The van der Waals surface area contributed by atoms with Crippen molar-refractivity contribution >= 4 is 11.7 Å². The normalized spacial score (nSPS) is 10.3. The van der Waals surface area contributed by atoms with Crippen LogP contribution < -0.4 is 15.4 Å². The third-order valence-electron chi connectivity index (χ3n) is 2.16. The fourth-order valence-corrected chi connectivity index (χ4v) is 1.27. The van der Waals surface area contributed by atoms with Crippen molar-refractivity contribution in [1.82, 2.24) is 10.3 Å². The standard InChI is InChI=1S/C12H17N3O2/c1-4-5-8-14-11-10(17-3)7-6-9(15-11)12(16)13-2/h4-7H,8H2,1-3H3,(H,13,16)(H,14,15)/b5-4+. The molecule has 0 radical (unpaired) electrons.